The maximum absolute atomic E-state index is 13.8. The highest BCUT2D eigenvalue weighted by Gasteiger charge is 2.64. The molecule has 15 heteroatoms. The molecule has 1 aliphatic carbocycles. The fourth-order valence-corrected chi connectivity index (χ4v) is 9.09. The number of nitriles is 2. The molecular weight excluding hydrogens is 822 g/mol. The van der Waals surface area contributed by atoms with Gasteiger partial charge in [0.1, 0.15) is 36.6 Å². The predicted octanol–water partition coefficient (Wildman–Crippen LogP) is 6.02. The summed E-state index contributed by atoms with van der Waals surface area (Å²) >= 11 is 6.23. The summed E-state index contributed by atoms with van der Waals surface area (Å²) in [6, 6.07) is 17.6. The van der Waals surface area contributed by atoms with Crippen LogP contribution in [0.3, 0.4) is 0 Å². The number of aliphatic hydroxyl groups excluding tert-OH is 1. The van der Waals surface area contributed by atoms with Gasteiger partial charge in [0.25, 0.3) is 5.91 Å². The molecule has 1 saturated carbocycles. The van der Waals surface area contributed by atoms with Crippen molar-refractivity contribution in [2.75, 3.05) is 19.8 Å². The Labute approximate surface area is 375 Å². The highest BCUT2D eigenvalue weighted by atomic mass is 35.5. The number of nitrogens with zero attached hydrogens (tertiary/aromatic N) is 4. The first-order valence-corrected chi connectivity index (χ1v) is 21.9. The zero-order valence-corrected chi connectivity index (χ0v) is 38.1. The molecule has 2 fully saturated rings. The molecule has 4 N–H and O–H groups in total. The van der Waals surface area contributed by atoms with Gasteiger partial charge < -0.3 is 35.4 Å². The highest BCUT2D eigenvalue weighted by molar-refractivity contribution is 6.31. The molecular formula is C48H60ClN7O7. The Morgan fingerprint density at radius 3 is 2.29 bits per heavy atom. The van der Waals surface area contributed by atoms with Gasteiger partial charge >= 0.3 is 0 Å². The summed E-state index contributed by atoms with van der Waals surface area (Å²) < 4.78 is 12.0. The molecule has 63 heavy (non-hydrogen) atoms. The van der Waals surface area contributed by atoms with E-state index in [0.717, 1.165) is 43.4 Å². The first kappa shape index (κ1) is 48.5. The summed E-state index contributed by atoms with van der Waals surface area (Å²) in [5, 5.41) is 37.8. The molecule has 0 radical (unpaired) electrons. The Kier molecular flexibility index (Phi) is 16.0. The average molecular weight is 883 g/mol. The third-order valence-corrected chi connectivity index (χ3v) is 12.4. The van der Waals surface area contributed by atoms with Gasteiger partial charge in [-0.15, -0.1) is 0 Å². The number of carbonyl (C=O) groups excluding carboxylic acids is 4. The van der Waals surface area contributed by atoms with Gasteiger partial charge in [0, 0.05) is 60.9 Å². The van der Waals surface area contributed by atoms with Crippen molar-refractivity contribution >= 4 is 35.2 Å². The third-order valence-electron chi connectivity index (χ3n) is 12.1. The van der Waals surface area contributed by atoms with Crippen molar-refractivity contribution < 1.29 is 33.8 Å². The van der Waals surface area contributed by atoms with E-state index < -0.39 is 41.3 Å². The van der Waals surface area contributed by atoms with Crippen molar-refractivity contribution in [3.8, 4) is 17.9 Å². The van der Waals surface area contributed by atoms with E-state index >= 15 is 0 Å². The first-order chi connectivity index (χ1) is 29.8. The Hall–Kier alpha value is -5.54. The lowest BCUT2D eigenvalue weighted by Crippen LogP contribution is -2.74. The van der Waals surface area contributed by atoms with Crippen molar-refractivity contribution in [2.45, 2.75) is 124 Å². The number of aliphatic hydroxyl groups is 1. The van der Waals surface area contributed by atoms with Gasteiger partial charge in [-0.3, -0.25) is 24.2 Å². The minimum absolute atomic E-state index is 0.0266. The lowest BCUT2D eigenvalue weighted by atomic mass is 9.49. The smallest absolute Gasteiger partial charge is 0.253 e. The van der Waals surface area contributed by atoms with Crippen LogP contribution in [0.15, 0.2) is 60.8 Å². The fraction of sp³-hybridized carbons (Fsp3) is 0.521. The predicted molar refractivity (Wildman–Crippen MR) is 237 cm³/mol. The molecule has 2 aromatic carbocycles. The quantitative estimate of drug-likeness (QED) is 0.109. The number of hydrogen-bond acceptors (Lipinski definition) is 10. The maximum Gasteiger partial charge on any atom is 0.253 e. The van der Waals surface area contributed by atoms with Crippen molar-refractivity contribution in [3.05, 3.63) is 93.8 Å². The number of aryl methyl sites for hydroxylation is 1. The summed E-state index contributed by atoms with van der Waals surface area (Å²) in [4.78, 5) is 59.2. The standard InChI is InChI=1S/C48H60ClN7O7/c1-46(2,3)40(43(61)56-28-35(57)22-38(56)42(60)53-26-31-15-13-30(24-50)14-16-31)54-39(58)29-62-21-11-9-8-10-12-34-19-17-33(27-52-34)41(59)55-44-47(4,5)45(48(44,6)7)63-36-20-18-32(25-51)37(49)23-36/h13-20,23,27,35,38,40,44-45,57H,8-12,21-22,26,28-29H2,1-7H3,(H,53,60)(H,54,58)(H,55,59)/t35-,38+,40-,44?,45?/m1/s1. The van der Waals surface area contributed by atoms with Crippen molar-refractivity contribution in [3.63, 3.8) is 0 Å². The largest absolute Gasteiger partial charge is 0.489 e. The Morgan fingerprint density at radius 1 is 0.968 bits per heavy atom. The average Bonchev–Trinajstić information content (AvgIpc) is 3.65. The highest BCUT2D eigenvalue weighted by Crippen LogP contribution is 2.55. The SMILES string of the molecule is CC1(C)C(NC(=O)c2ccc(CCCCCCOCC(=O)N[C@H](C(=O)N3C[C@H](O)C[C@H]3C(=O)NCc3ccc(C#N)cc3)C(C)(C)C)nc2)C(C)(C)C1Oc1ccc(C#N)c(Cl)c1. The van der Waals surface area contributed by atoms with E-state index in [0.29, 0.717) is 34.1 Å². The number of benzene rings is 2. The molecule has 3 atom stereocenters. The molecule has 1 aliphatic heterocycles. The minimum Gasteiger partial charge on any atom is -0.489 e. The van der Waals surface area contributed by atoms with Crippen LogP contribution in [0.1, 0.15) is 113 Å². The number of β-amino-alcohol motifs (C(OH)–C–C–N with tert-alkyl or cyclic N) is 1. The van der Waals surface area contributed by atoms with E-state index in [4.69, 9.17) is 26.3 Å². The fourth-order valence-electron chi connectivity index (χ4n) is 8.87. The summed E-state index contributed by atoms with van der Waals surface area (Å²) in [5.74, 6) is -0.935. The number of likely N-dealkylation sites (tertiary alicyclic amines) is 1. The van der Waals surface area contributed by atoms with Gasteiger partial charge in [-0.2, -0.15) is 10.5 Å². The molecule has 3 aromatic rings. The minimum atomic E-state index is -0.956. The van der Waals surface area contributed by atoms with Gasteiger partial charge in [0.2, 0.25) is 17.7 Å². The van der Waals surface area contributed by atoms with Crippen LogP contribution in [0, 0.1) is 38.9 Å². The molecule has 5 rings (SSSR count). The number of ether oxygens (including phenoxy) is 2. The van der Waals surface area contributed by atoms with Gasteiger partial charge in [-0.1, -0.05) is 85.0 Å². The first-order valence-electron chi connectivity index (χ1n) is 21.5. The molecule has 4 amide bonds. The molecule has 0 spiro atoms. The van der Waals surface area contributed by atoms with Crippen LogP contribution in [-0.4, -0.2) is 88.7 Å². The summed E-state index contributed by atoms with van der Waals surface area (Å²) in [6.45, 7) is 14.0. The Balaban J connectivity index is 0.991. The van der Waals surface area contributed by atoms with E-state index in [1.807, 2.05) is 26.8 Å². The molecule has 14 nitrogen and oxygen atoms in total. The van der Waals surface area contributed by atoms with Gasteiger partial charge in [-0.25, -0.2) is 0 Å². The normalized spacial score (nSPS) is 20.3. The number of hydrogen-bond donors (Lipinski definition) is 4. The second kappa shape index (κ2) is 20.8. The van der Waals surface area contributed by atoms with E-state index in [1.54, 1.807) is 54.7 Å². The second-order valence-corrected chi connectivity index (χ2v) is 19.3. The molecule has 2 aliphatic rings. The number of pyridine rings is 1. The lowest BCUT2D eigenvalue weighted by molar-refractivity contribution is -0.164. The molecule has 1 saturated heterocycles. The summed E-state index contributed by atoms with van der Waals surface area (Å²) in [5.41, 5.74) is 1.58. The van der Waals surface area contributed by atoms with Gasteiger partial charge in [-0.05, 0) is 66.6 Å². The maximum atomic E-state index is 13.8. The molecule has 0 bridgehead atoms. The summed E-state index contributed by atoms with van der Waals surface area (Å²) in [6.07, 6.45) is 4.79. The molecule has 336 valence electrons. The second-order valence-electron chi connectivity index (χ2n) is 18.8. The van der Waals surface area contributed by atoms with E-state index in [2.05, 4.69) is 60.8 Å². The van der Waals surface area contributed by atoms with Crippen LogP contribution >= 0.6 is 11.6 Å². The molecule has 0 unspecified atom stereocenters. The van der Waals surface area contributed by atoms with Crippen LogP contribution in [-0.2, 0) is 32.1 Å². The Morgan fingerprint density at radius 2 is 1.67 bits per heavy atom. The van der Waals surface area contributed by atoms with Gasteiger partial charge in [0.05, 0.1) is 33.9 Å². The number of carbonyl (C=O) groups is 4. The Bertz CT molecular complexity index is 2180. The number of halogens is 1. The number of nitrogens with one attached hydrogen (secondary N) is 3. The lowest BCUT2D eigenvalue weighted by Gasteiger charge is -2.63. The number of amides is 4. The van der Waals surface area contributed by atoms with Crippen molar-refractivity contribution in [2.24, 2.45) is 16.2 Å². The van der Waals surface area contributed by atoms with E-state index in [1.165, 1.54) is 4.90 Å². The third kappa shape index (κ3) is 12.1. The molecule has 2 heterocycles. The van der Waals surface area contributed by atoms with E-state index in [9.17, 15) is 29.5 Å². The van der Waals surface area contributed by atoms with Crippen LogP contribution in [0.5, 0.6) is 5.75 Å². The van der Waals surface area contributed by atoms with Crippen LogP contribution in [0.4, 0.5) is 0 Å². The topological polar surface area (TPSA) is 207 Å². The van der Waals surface area contributed by atoms with Crippen LogP contribution < -0.4 is 20.7 Å². The monoisotopic (exact) mass is 881 g/mol. The number of rotatable bonds is 18. The van der Waals surface area contributed by atoms with Crippen molar-refractivity contribution in [1.29, 1.82) is 10.5 Å². The zero-order valence-electron chi connectivity index (χ0n) is 37.3. The number of aromatic nitrogens is 1. The summed E-state index contributed by atoms with van der Waals surface area (Å²) in [7, 11) is 0. The van der Waals surface area contributed by atoms with Crippen molar-refractivity contribution in [1.82, 2.24) is 25.8 Å². The van der Waals surface area contributed by atoms with E-state index in [-0.39, 0.29) is 55.0 Å². The van der Waals surface area contributed by atoms with Gasteiger partial charge in [0.15, 0.2) is 0 Å². The van der Waals surface area contributed by atoms with Crippen LogP contribution in [0.2, 0.25) is 5.02 Å². The molecule has 1 aromatic heterocycles. The van der Waals surface area contributed by atoms with Crippen LogP contribution in [0.25, 0.3) is 0 Å². The zero-order chi connectivity index (χ0) is 46.1. The number of unbranched alkanes of at least 4 members (excludes halogenated alkanes) is 3.